The van der Waals surface area contributed by atoms with Gasteiger partial charge in [0.2, 0.25) is 0 Å². The average Bonchev–Trinajstić information content (AvgIpc) is 2.50. The molecular formula is C17H17N3O2. The highest BCUT2D eigenvalue weighted by Gasteiger charge is 2.33. The molecule has 0 aromatic rings. The van der Waals surface area contributed by atoms with Crippen molar-refractivity contribution in [2.45, 2.75) is 13.8 Å². The number of hydrogen-bond donors (Lipinski definition) is 0. The van der Waals surface area contributed by atoms with Crippen LogP contribution in [0.2, 0.25) is 0 Å². The molecule has 2 heterocycles. The fourth-order valence-corrected chi connectivity index (χ4v) is 2.25. The summed E-state index contributed by atoms with van der Waals surface area (Å²) in [5.74, 6) is -0.877. The lowest BCUT2D eigenvalue weighted by Gasteiger charge is -2.26. The molecule has 2 amide bonds. The molecule has 0 radical (unpaired) electrons. The van der Waals surface area contributed by atoms with Crippen LogP contribution in [0.5, 0.6) is 0 Å². The summed E-state index contributed by atoms with van der Waals surface area (Å²) in [5, 5.41) is 9.16. The summed E-state index contributed by atoms with van der Waals surface area (Å²) < 4.78 is 0. The van der Waals surface area contributed by atoms with Gasteiger partial charge in [-0.05, 0) is 43.2 Å². The number of nitriles is 1. The maximum absolute atomic E-state index is 12.4. The van der Waals surface area contributed by atoms with E-state index in [1.54, 1.807) is 26.0 Å². The molecule has 0 aliphatic carbocycles. The third-order valence-electron chi connectivity index (χ3n) is 3.59. The number of amides is 2. The molecule has 5 nitrogen and oxygen atoms in total. The Bertz CT molecular complexity index is 699. The molecule has 5 heteroatoms. The van der Waals surface area contributed by atoms with E-state index in [1.165, 1.54) is 0 Å². The standard InChI is InChI=1S/C17H17N3O2/c1-4-20-16(21)14(12(2)15(11-18)17(20)22)6-5-13-7-9-19(3)10-8-13/h5-10H,4H2,1-3H3/b14-6+. The van der Waals surface area contributed by atoms with Crippen molar-refractivity contribution in [1.82, 2.24) is 9.80 Å². The molecule has 0 aromatic heterocycles. The van der Waals surface area contributed by atoms with Gasteiger partial charge in [-0.3, -0.25) is 14.5 Å². The molecule has 0 saturated carbocycles. The van der Waals surface area contributed by atoms with Crippen LogP contribution >= 0.6 is 0 Å². The van der Waals surface area contributed by atoms with Crippen LogP contribution in [0.15, 0.2) is 59.0 Å². The maximum atomic E-state index is 12.4. The zero-order valence-electron chi connectivity index (χ0n) is 12.8. The van der Waals surface area contributed by atoms with E-state index in [2.05, 4.69) is 0 Å². The molecule has 0 spiro atoms. The minimum Gasteiger partial charge on any atom is -0.357 e. The van der Waals surface area contributed by atoms with Crippen LogP contribution in [-0.4, -0.2) is 35.2 Å². The fourth-order valence-electron chi connectivity index (χ4n) is 2.25. The Morgan fingerprint density at radius 2 is 1.82 bits per heavy atom. The first kappa shape index (κ1) is 15.5. The molecule has 2 aliphatic rings. The summed E-state index contributed by atoms with van der Waals surface area (Å²) in [4.78, 5) is 27.4. The van der Waals surface area contributed by atoms with Crippen LogP contribution in [0, 0.1) is 11.3 Å². The van der Waals surface area contributed by atoms with Crippen molar-refractivity contribution in [1.29, 1.82) is 5.26 Å². The Hall–Kier alpha value is -2.87. The minimum absolute atomic E-state index is 0.0283. The SMILES string of the molecule is CCN1C(=O)C(C#N)=C(C)/C(=C\C=C2C=CN(C)C=C2)C1=O. The molecule has 0 bridgehead atoms. The number of imide groups is 1. The summed E-state index contributed by atoms with van der Waals surface area (Å²) >= 11 is 0. The number of carbonyl (C=O) groups excluding carboxylic acids is 2. The first-order chi connectivity index (χ1) is 10.5. The third kappa shape index (κ3) is 2.77. The van der Waals surface area contributed by atoms with Gasteiger partial charge < -0.3 is 4.90 Å². The van der Waals surface area contributed by atoms with Crippen LogP contribution in [0.25, 0.3) is 0 Å². The first-order valence-corrected chi connectivity index (χ1v) is 6.97. The van der Waals surface area contributed by atoms with Gasteiger partial charge in [0.05, 0.1) is 0 Å². The van der Waals surface area contributed by atoms with E-state index in [9.17, 15) is 9.59 Å². The zero-order chi connectivity index (χ0) is 16.3. The van der Waals surface area contributed by atoms with Gasteiger partial charge >= 0.3 is 0 Å². The van der Waals surface area contributed by atoms with E-state index < -0.39 is 5.91 Å². The lowest BCUT2D eigenvalue weighted by atomic mass is 9.94. The van der Waals surface area contributed by atoms with E-state index >= 15 is 0 Å². The Morgan fingerprint density at radius 1 is 1.18 bits per heavy atom. The molecule has 0 unspecified atom stereocenters. The fraction of sp³-hybridized carbons (Fsp3) is 0.235. The quantitative estimate of drug-likeness (QED) is 0.577. The third-order valence-corrected chi connectivity index (χ3v) is 3.59. The maximum Gasteiger partial charge on any atom is 0.271 e. The molecule has 0 fully saturated rings. The molecule has 0 atom stereocenters. The monoisotopic (exact) mass is 295 g/mol. The number of carbonyl (C=O) groups is 2. The zero-order valence-corrected chi connectivity index (χ0v) is 12.8. The molecule has 112 valence electrons. The van der Waals surface area contributed by atoms with Crippen molar-refractivity contribution < 1.29 is 9.59 Å². The average molecular weight is 295 g/mol. The van der Waals surface area contributed by atoms with Crippen LogP contribution in [0.3, 0.4) is 0 Å². The van der Waals surface area contributed by atoms with E-state index in [-0.39, 0.29) is 18.0 Å². The highest BCUT2D eigenvalue weighted by Crippen LogP contribution is 2.25. The van der Waals surface area contributed by atoms with E-state index in [0.29, 0.717) is 11.1 Å². The van der Waals surface area contributed by atoms with Crippen molar-refractivity contribution in [3.05, 3.63) is 59.0 Å². The summed E-state index contributed by atoms with van der Waals surface area (Å²) in [7, 11) is 1.92. The van der Waals surface area contributed by atoms with Crippen LogP contribution in [0.1, 0.15) is 13.8 Å². The topological polar surface area (TPSA) is 64.4 Å². The Morgan fingerprint density at radius 3 is 2.36 bits per heavy atom. The summed E-state index contributed by atoms with van der Waals surface area (Å²) in [6.45, 7) is 3.59. The van der Waals surface area contributed by atoms with Crippen LogP contribution < -0.4 is 0 Å². The number of allylic oxidation sites excluding steroid dienone is 5. The van der Waals surface area contributed by atoms with Crippen molar-refractivity contribution in [2.75, 3.05) is 13.6 Å². The smallest absolute Gasteiger partial charge is 0.271 e. The number of nitrogens with zero attached hydrogens (tertiary/aromatic N) is 3. The van der Waals surface area contributed by atoms with Gasteiger partial charge in [0.1, 0.15) is 11.6 Å². The van der Waals surface area contributed by atoms with Gasteiger partial charge in [-0.2, -0.15) is 5.26 Å². The first-order valence-electron chi connectivity index (χ1n) is 6.97. The highest BCUT2D eigenvalue weighted by atomic mass is 16.2. The van der Waals surface area contributed by atoms with Crippen molar-refractivity contribution in [2.24, 2.45) is 0 Å². The van der Waals surface area contributed by atoms with Gasteiger partial charge in [-0.1, -0.05) is 6.08 Å². The molecule has 0 saturated heterocycles. The molecule has 22 heavy (non-hydrogen) atoms. The van der Waals surface area contributed by atoms with Gasteiger partial charge in [-0.15, -0.1) is 0 Å². The molecular weight excluding hydrogens is 278 g/mol. The highest BCUT2D eigenvalue weighted by molar-refractivity contribution is 6.18. The summed E-state index contributed by atoms with van der Waals surface area (Å²) in [5.41, 5.74) is 1.77. The van der Waals surface area contributed by atoms with E-state index in [0.717, 1.165) is 10.5 Å². The van der Waals surface area contributed by atoms with E-state index in [1.807, 2.05) is 42.6 Å². The van der Waals surface area contributed by atoms with Crippen molar-refractivity contribution >= 4 is 11.8 Å². The lowest BCUT2D eigenvalue weighted by molar-refractivity contribution is -0.140. The largest absolute Gasteiger partial charge is 0.357 e. The van der Waals surface area contributed by atoms with Gasteiger partial charge in [0.15, 0.2) is 0 Å². The number of likely N-dealkylation sites (N-methyl/N-ethyl adjacent to an activating group) is 1. The molecule has 0 N–H and O–H groups in total. The molecule has 0 aromatic carbocycles. The predicted octanol–water partition coefficient (Wildman–Crippen LogP) is 2.04. The summed E-state index contributed by atoms with van der Waals surface area (Å²) in [6, 6.07) is 1.90. The van der Waals surface area contributed by atoms with Crippen molar-refractivity contribution in [3.63, 3.8) is 0 Å². The second-order valence-corrected chi connectivity index (χ2v) is 5.01. The van der Waals surface area contributed by atoms with Crippen LogP contribution in [0.4, 0.5) is 0 Å². The van der Waals surface area contributed by atoms with Crippen LogP contribution in [-0.2, 0) is 9.59 Å². The molecule has 2 rings (SSSR count). The van der Waals surface area contributed by atoms with Gasteiger partial charge in [-0.25, -0.2) is 0 Å². The van der Waals surface area contributed by atoms with Crippen molar-refractivity contribution in [3.8, 4) is 6.07 Å². The van der Waals surface area contributed by atoms with Gasteiger partial charge in [0.25, 0.3) is 11.8 Å². The lowest BCUT2D eigenvalue weighted by Crippen LogP contribution is -2.42. The summed E-state index contributed by atoms with van der Waals surface area (Å²) in [6.07, 6.45) is 11.1. The predicted molar refractivity (Wildman–Crippen MR) is 82.9 cm³/mol. The second-order valence-electron chi connectivity index (χ2n) is 5.01. The number of rotatable bonds is 2. The Labute approximate surface area is 129 Å². The minimum atomic E-state index is -0.517. The second kappa shape index (κ2) is 6.27. The van der Waals surface area contributed by atoms with E-state index in [4.69, 9.17) is 5.26 Å². The molecule has 2 aliphatic heterocycles. The van der Waals surface area contributed by atoms with Gasteiger partial charge in [0, 0.05) is 31.6 Å². The normalized spacial score (nSPS) is 20.1. The Balaban J connectivity index is 2.45. The number of hydrogen-bond acceptors (Lipinski definition) is 4. The Kier molecular flexibility index (Phi) is 4.42.